The number of nitrogens with one attached hydrogen (secondary N) is 3. The maximum atomic E-state index is 12.7. The number of aromatic amines is 1. The van der Waals surface area contributed by atoms with Gasteiger partial charge in [0.2, 0.25) is 0 Å². The van der Waals surface area contributed by atoms with E-state index in [1.54, 1.807) is 6.20 Å². The molecule has 2 aliphatic carbocycles. The SMILES string of the molecule is O=C(Nc1ccc(C(F)(F)F)cc1)Nc1c[nH]c2ccc(N3CCN(C4CC5(CC5)C4)CC3)nc12. The van der Waals surface area contributed by atoms with Gasteiger partial charge in [-0.25, -0.2) is 9.78 Å². The second-order valence-electron chi connectivity index (χ2n) is 10.0. The van der Waals surface area contributed by atoms with Crippen LogP contribution < -0.4 is 15.5 Å². The van der Waals surface area contributed by atoms with Gasteiger partial charge in [0, 0.05) is 44.1 Å². The Morgan fingerprint density at radius 1 is 1.00 bits per heavy atom. The van der Waals surface area contributed by atoms with E-state index in [1.807, 2.05) is 12.1 Å². The fraction of sp³-hybridized carbons (Fsp3) is 0.440. The number of anilines is 3. The van der Waals surface area contributed by atoms with Gasteiger partial charge >= 0.3 is 12.2 Å². The molecule has 35 heavy (non-hydrogen) atoms. The average molecular weight is 485 g/mol. The van der Waals surface area contributed by atoms with Crippen LogP contribution in [0.4, 0.5) is 35.2 Å². The van der Waals surface area contributed by atoms with Gasteiger partial charge in [-0.05, 0) is 67.5 Å². The van der Waals surface area contributed by atoms with Crippen molar-refractivity contribution < 1.29 is 18.0 Å². The molecule has 3 aromatic rings. The molecule has 1 aromatic carbocycles. The topological polar surface area (TPSA) is 76.3 Å². The van der Waals surface area contributed by atoms with Crippen molar-refractivity contribution >= 4 is 34.3 Å². The minimum atomic E-state index is -4.42. The van der Waals surface area contributed by atoms with E-state index in [0.29, 0.717) is 16.6 Å². The number of benzene rings is 1. The molecule has 3 N–H and O–H groups in total. The highest BCUT2D eigenvalue weighted by molar-refractivity contribution is 6.05. The molecule has 3 fully saturated rings. The van der Waals surface area contributed by atoms with Crippen LogP contribution in [0.5, 0.6) is 0 Å². The third-order valence-corrected chi connectivity index (χ3v) is 7.68. The first-order chi connectivity index (χ1) is 16.8. The van der Waals surface area contributed by atoms with Crippen LogP contribution in [0, 0.1) is 5.41 Å². The molecular formula is C25H27F3N6O. The lowest BCUT2D eigenvalue weighted by Crippen LogP contribution is -2.54. The zero-order valence-corrected chi connectivity index (χ0v) is 19.2. The van der Waals surface area contributed by atoms with Crippen LogP contribution >= 0.6 is 0 Å². The van der Waals surface area contributed by atoms with Gasteiger partial charge in [0.15, 0.2) is 0 Å². The lowest BCUT2D eigenvalue weighted by atomic mass is 9.76. The molecule has 3 aliphatic rings. The Labute approximate surface area is 200 Å². The van der Waals surface area contributed by atoms with Crippen molar-refractivity contribution in [2.24, 2.45) is 5.41 Å². The van der Waals surface area contributed by atoms with Gasteiger partial charge < -0.3 is 20.5 Å². The quantitative estimate of drug-likeness (QED) is 0.470. The number of hydrogen-bond acceptors (Lipinski definition) is 4. The summed E-state index contributed by atoms with van der Waals surface area (Å²) in [7, 11) is 0. The Morgan fingerprint density at radius 3 is 2.37 bits per heavy atom. The largest absolute Gasteiger partial charge is 0.416 e. The van der Waals surface area contributed by atoms with Crippen LogP contribution in [-0.2, 0) is 6.18 Å². The van der Waals surface area contributed by atoms with Crippen LogP contribution in [0.25, 0.3) is 11.0 Å². The van der Waals surface area contributed by atoms with Gasteiger partial charge in [0.25, 0.3) is 0 Å². The summed E-state index contributed by atoms with van der Waals surface area (Å²) in [4.78, 5) is 25.3. The Balaban J connectivity index is 1.09. The first kappa shape index (κ1) is 22.2. The zero-order valence-electron chi connectivity index (χ0n) is 19.2. The van der Waals surface area contributed by atoms with Gasteiger partial charge in [-0.3, -0.25) is 4.90 Å². The number of hydrogen-bond donors (Lipinski definition) is 3. The fourth-order valence-electron chi connectivity index (χ4n) is 5.39. The number of piperazine rings is 1. The zero-order chi connectivity index (χ0) is 24.2. The molecule has 2 aromatic heterocycles. The van der Waals surface area contributed by atoms with Crippen molar-refractivity contribution in [3.05, 3.63) is 48.2 Å². The van der Waals surface area contributed by atoms with Gasteiger partial charge in [0.1, 0.15) is 11.3 Å². The predicted octanol–water partition coefficient (Wildman–Crippen LogP) is 5.29. The summed E-state index contributed by atoms with van der Waals surface area (Å²) in [6.45, 7) is 3.91. The first-order valence-corrected chi connectivity index (χ1v) is 12.0. The highest BCUT2D eigenvalue weighted by atomic mass is 19.4. The van der Waals surface area contributed by atoms with Crippen molar-refractivity contribution in [3.63, 3.8) is 0 Å². The molecule has 7 nitrogen and oxygen atoms in total. The molecule has 0 bridgehead atoms. The summed E-state index contributed by atoms with van der Waals surface area (Å²) >= 11 is 0. The van der Waals surface area contributed by atoms with Crippen LogP contribution in [0.1, 0.15) is 31.2 Å². The molecule has 1 aliphatic heterocycles. The minimum Gasteiger partial charge on any atom is -0.358 e. The number of carbonyl (C=O) groups is 1. The second-order valence-corrected chi connectivity index (χ2v) is 10.0. The molecule has 2 amide bonds. The fourth-order valence-corrected chi connectivity index (χ4v) is 5.39. The third kappa shape index (κ3) is 4.42. The molecule has 0 radical (unpaired) electrons. The molecule has 0 atom stereocenters. The number of amides is 2. The molecule has 1 saturated heterocycles. The number of alkyl halides is 3. The summed E-state index contributed by atoms with van der Waals surface area (Å²) in [5, 5.41) is 5.31. The Bertz CT molecular complexity index is 1230. The first-order valence-electron chi connectivity index (χ1n) is 12.0. The summed E-state index contributed by atoms with van der Waals surface area (Å²) < 4.78 is 38.2. The number of aromatic nitrogens is 2. The highest BCUT2D eigenvalue weighted by Crippen LogP contribution is 2.61. The summed E-state index contributed by atoms with van der Waals surface area (Å²) in [5.74, 6) is 0.871. The lowest BCUT2D eigenvalue weighted by Gasteiger charge is -2.47. The van der Waals surface area contributed by atoms with Crippen molar-refractivity contribution in [3.8, 4) is 0 Å². The molecular weight excluding hydrogens is 457 g/mol. The molecule has 1 spiro atoms. The van der Waals surface area contributed by atoms with E-state index >= 15 is 0 Å². The standard InChI is InChI=1S/C25H27F3N6O/c26-25(27,28)16-1-3-17(4-2-16)30-23(35)31-20-15-29-19-5-6-21(32-22(19)20)34-11-9-33(10-12-34)18-13-24(14-18)7-8-24/h1-6,15,18,29H,7-14H2,(H2,30,31,35). The van der Waals surface area contributed by atoms with Crippen molar-refractivity contribution in [2.45, 2.75) is 37.9 Å². The number of H-pyrrole nitrogens is 1. The van der Waals surface area contributed by atoms with E-state index in [1.165, 1.54) is 37.8 Å². The highest BCUT2D eigenvalue weighted by Gasteiger charge is 2.54. The van der Waals surface area contributed by atoms with E-state index in [-0.39, 0.29) is 5.69 Å². The summed E-state index contributed by atoms with van der Waals surface area (Å²) in [5.41, 5.74) is 2.15. The van der Waals surface area contributed by atoms with Crippen molar-refractivity contribution in [1.82, 2.24) is 14.9 Å². The van der Waals surface area contributed by atoms with Crippen LogP contribution in [0.3, 0.4) is 0 Å². The van der Waals surface area contributed by atoms with E-state index in [4.69, 9.17) is 4.98 Å². The van der Waals surface area contributed by atoms with Gasteiger partial charge in [0.05, 0.1) is 16.8 Å². The van der Waals surface area contributed by atoms with E-state index < -0.39 is 17.8 Å². The van der Waals surface area contributed by atoms with Crippen molar-refractivity contribution in [2.75, 3.05) is 41.7 Å². The number of nitrogens with zero attached hydrogens (tertiary/aromatic N) is 3. The number of halogens is 3. The number of carbonyl (C=O) groups excluding carboxylic acids is 1. The van der Waals surface area contributed by atoms with E-state index in [9.17, 15) is 18.0 Å². The van der Waals surface area contributed by atoms with Crippen LogP contribution in [-0.4, -0.2) is 53.1 Å². The number of fused-ring (bicyclic) bond motifs is 1. The second kappa shape index (κ2) is 8.15. The average Bonchev–Trinajstić information content (AvgIpc) is 3.54. The molecule has 6 rings (SSSR count). The van der Waals surface area contributed by atoms with Gasteiger partial charge in [-0.2, -0.15) is 13.2 Å². The lowest BCUT2D eigenvalue weighted by molar-refractivity contribution is -0.137. The van der Waals surface area contributed by atoms with Crippen molar-refractivity contribution in [1.29, 1.82) is 0 Å². The predicted molar refractivity (Wildman–Crippen MR) is 129 cm³/mol. The molecule has 3 heterocycles. The third-order valence-electron chi connectivity index (χ3n) is 7.68. The van der Waals surface area contributed by atoms with E-state index in [0.717, 1.165) is 55.7 Å². The van der Waals surface area contributed by atoms with Crippen LogP contribution in [0.15, 0.2) is 42.6 Å². The summed E-state index contributed by atoms with van der Waals surface area (Å²) in [6.07, 6.45) is 2.81. The normalized spacial score (nSPS) is 20.1. The minimum absolute atomic E-state index is 0.265. The number of pyridine rings is 1. The molecule has 184 valence electrons. The molecule has 0 unspecified atom stereocenters. The smallest absolute Gasteiger partial charge is 0.358 e. The maximum Gasteiger partial charge on any atom is 0.416 e. The maximum absolute atomic E-state index is 12.7. The Morgan fingerprint density at radius 2 is 1.71 bits per heavy atom. The van der Waals surface area contributed by atoms with Crippen LogP contribution in [0.2, 0.25) is 0 Å². The molecule has 10 heteroatoms. The van der Waals surface area contributed by atoms with Gasteiger partial charge in [-0.15, -0.1) is 0 Å². The van der Waals surface area contributed by atoms with E-state index in [2.05, 4.69) is 25.4 Å². The Kier molecular flexibility index (Phi) is 5.17. The monoisotopic (exact) mass is 484 g/mol. The Hall–Kier alpha value is -3.27. The summed E-state index contributed by atoms with van der Waals surface area (Å²) in [6, 6.07) is 8.45. The van der Waals surface area contributed by atoms with Gasteiger partial charge in [-0.1, -0.05) is 0 Å². The molecule has 2 saturated carbocycles. The number of urea groups is 1. The number of rotatable bonds is 4.